The summed E-state index contributed by atoms with van der Waals surface area (Å²) in [5.41, 5.74) is 1.42. The zero-order valence-electron chi connectivity index (χ0n) is 16.8. The fraction of sp³-hybridized carbons (Fsp3) is 0.700. The summed E-state index contributed by atoms with van der Waals surface area (Å²) in [5.74, 6) is -0.551. The van der Waals surface area contributed by atoms with Gasteiger partial charge in [0, 0.05) is 12.6 Å². The van der Waals surface area contributed by atoms with Crippen LogP contribution in [0.2, 0.25) is 0 Å². The monoisotopic (exact) mass is 438 g/mol. The summed E-state index contributed by atoms with van der Waals surface area (Å²) in [7, 11) is 0. The minimum absolute atomic E-state index is 0.123. The van der Waals surface area contributed by atoms with E-state index in [0.717, 1.165) is 28.7 Å². The SMILES string of the molecule is O=C(COC(=O)CSc1nnc(NC2CCCCC2)s1)NCCC1=CCCCC1. The van der Waals surface area contributed by atoms with Crippen molar-refractivity contribution in [3.8, 4) is 0 Å². The zero-order chi connectivity index (χ0) is 20.3. The van der Waals surface area contributed by atoms with Gasteiger partial charge in [0.1, 0.15) is 0 Å². The molecule has 0 aromatic carbocycles. The van der Waals surface area contributed by atoms with Crippen LogP contribution in [0, 0.1) is 0 Å². The van der Waals surface area contributed by atoms with E-state index in [1.54, 1.807) is 0 Å². The summed E-state index contributed by atoms with van der Waals surface area (Å²) in [4.78, 5) is 23.7. The minimum Gasteiger partial charge on any atom is -0.455 e. The van der Waals surface area contributed by atoms with E-state index in [1.807, 2.05) is 0 Å². The number of rotatable bonds is 10. The Balaban J connectivity index is 1.26. The van der Waals surface area contributed by atoms with Crippen molar-refractivity contribution in [1.29, 1.82) is 0 Å². The summed E-state index contributed by atoms with van der Waals surface area (Å²) in [6, 6.07) is 0.479. The predicted molar refractivity (Wildman–Crippen MR) is 116 cm³/mol. The Bertz CT molecular complexity index is 702. The van der Waals surface area contributed by atoms with Gasteiger partial charge in [-0.25, -0.2) is 0 Å². The fourth-order valence-corrected chi connectivity index (χ4v) is 5.23. The molecule has 160 valence electrons. The molecule has 29 heavy (non-hydrogen) atoms. The predicted octanol–water partition coefficient (Wildman–Crippen LogP) is 3.92. The van der Waals surface area contributed by atoms with Gasteiger partial charge in [-0.2, -0.15) is 0 Å². The van der Waals surface area contributed by atoms with Crippen molar-refractivity contribution in [2.75, 3.05) is 24.2 Å². The first-order valence-electron chi connectivity index (χ1n) is 10.5. The number of amides is 1. The van der Waals surface area contributed by atoms with Crippen LogP contribution < -0.4 is 10.6 Å². The lowest BCUT2D eigenvalue weighted by Gasteiger charge is -2.21. The van der Waals surface area contributed by atoms with E-state index in [2.05, 4.69) is 26.9 Å². The van der Waals surface area contributed by atoms with Crippen LogP contribution in [0.1, 0.15) is 64.2 Å². The topological polar surface area (TPSA) is 93.2 Å². The number of carbonyl (C=O) groups excluding carboxylic acids is 2. The Kier molecular flexibility index (Phi) is 9.27. The number of hydrogen-bond acceptors (Lipinski definition) is 8. The molecule has 0 saturated heterocycles. The number of hydrogen-bond donors (Lipinski definition) is 2. The van der Waals surface area contributed by atoms with Gasteiger partial charge in [-0.1, -0.05) is 54.0 Å². The number of esters is 1. The largest absolute Gasteiger partial charge is 0.455 e. The van der Waals surface area contributed by atoms with Crippen molar-refractivity contribution in [2.24, 2.45) is 0 Å². The van der Waals surface area contributed by atoms with E-state index in [4.69, 9.17) is 4.74 Å². The van der Waals surface area contributed by atoms with Crippen LogP contribution in [0.4, 0.5) is 5.13 Å². The molecule has 0 spiro atoms. The van der Waals surface area contributed by atoms with Gasteiger partial charge in [0.05, 0.1) is 5.75 Å². The molecular weight excluding hydrogens is 408 g/mol. The highest BCUT2D eigenvalue weighted by molar-refractivity contribution is 8.01. The molecule has 1 aromatic rings. The van der Waals surface area contributed by atoms with Crippen LogP contribution >= 0.6 is 23.1 Å². The standard InChI is InChI=1S/C20H30N4O3S2/c25-17(21-12-11-15-7-3-1-4-8-15)13-27-18(26)14-28-20-24-23-19(29-20)22-16-9-5-2-6-10-16/h7,16H,1-6,8-14H2,(H,21,25)(H,22,23). The maximum Gasteiger partial charge on any atom is 0.316 e. The third-order valence-electron chi connectivity index (χ3n) is 5.17. The third-order valence-corrected chi connectivity index (χ3v) is 7.13. The second-order valence-electron chi connectivity index (χ2n) is 7.51. The maximum absolute atomic E-state index is 11.9. The number of anilines is 1. The van der Waals surface area contributed by atoms with Gasteiger partial charge in [0.25, 0.3) is 5.91 Å². The number of carbonyl (C=O) groups is 2. The molecule has 7 nitrogen and oxygen atoms in total. The van der Waals surface area contributed by atoms with Crippen molar-refractivity contribution in [2.45, 2.75) is 74.6 Å². The van der Waals surface area contributed by atoms with Gasteiger partial charge in [-0.05, 0) is 44.9 Å². The van der Waals surface area contributed by atoms with Crippen LogP contribution in [-0.2, 0) is 14.3 Å². The van der Waals surface area contributed by atoms with Crippen molar-refractivity contribution >= 4 is 40.1 Å². The van der Waals surface area contributed by atoms with E-state index >= 15 is 0 Å². The van der Waals surface area contributed by atoms with Crippen LogP contribution in [0.3, 0.4) is 0 Å². The Morgan fingerprint density at radius 1 is 1.17 bits per heavy atom. The van der Waals surface area contributed by atoms with Crippen molar-refractivity contribution in [1.82, 2.24) is 15.5 Å². The Morgan fingerprint density at radius 3 is 2.83 bits per heavy atom. The molecule has 9 heteroatoms. The number of ether oxygens (including phenoxy) is 1. The number of nitrogens with one attached hydrogen (secondary N) is 2. The molecule has 2 N–H and O–H groups in total. The normalized spacial score (nSPS) is 17.4. The van der Waals surface area contributed by atoms with Gasteiger partial charge >= 0.3 is 5.97 Å². The molecule has 2 aliphatic rings. The number of nitrogens with zero attached hydrogens (tertiary/aromatic N) is 2. The number of allylic oxidation sites excluding steroid dienone is 1. The molecule has 0 atom stereocenters. The van der Waals surface area contributed by atoms with Crippen molar-refractivity contribution in [3.63, 3.8) is 0 Å². The average Bonchev–Trinajstić information content (AvgIpc) is 3.19. The molecule has 1 aromatic heterocycles. The molecule has 0 bridgehead atoms. The van der Waals surface area contributed by atoms with Crippen molar-refractivity contribution < 1.29 is 14.3 Å². The molecule has 3 rings (SSSR count). The average molecular weight is 439 g/mol. The van der Waals surface area contributed by atoms with Gasteiger partial charge in [0.15, 0.2) is 10.9 Å². The summed E-state index contributed by atoms with van der Waals surface area (Å²) in [6.07, 6.45) is 14.1. The van der Waals surface area contributed by atoms with Crippen LogP contribution in [-0.4, -0.2) is 47.0 Å². The zero-order valence-corrected chi connectivity index (χ0v) is 18.4. The molecule has 1 fully saturated rings. The van der Waals surface area contributed by atoms with Crippen LogP contribution in [0.5, 0.6) is 0 Å². The number of aromatic nitrogens is 2. The lowest BCUT2D eigenvalue weighted by Crippen LogP contribution is -2.30. The molecule has 2 aliphatic carbocycles. The second kappa shape index (κ2) is 12.2. The van der Waals surface area contributed by atoms with Crippen molar-refractivity contribution in [3.05, 3.63) is 11.6 Å². The molecule has 0 unspecified atom stereocenters. The van der Waals surface area contributed by atoms with Crippen LogP contribution in [0.15, 0.2) is 16.0 Å². The third kappa shape index (κ3) is 8.34. The molecular formula is C20H30N4O3S2. The van der Waals surface area contributed by atoms with E-state index in [1.165, 1.54) is 73.6 Å². The first-order valence-corrected chi connectivity index (χ1v) is 12.3. The first kappa shape index (κ1) is 22.1. The first-order chi connectivity index (χ1) is 14.2. The fourth-order valence-electron chi connectivity index (χ4n) is 3.60. The Labute approximate surface area is 180 Å². The molecule has 0 aliphatic heterocycles. The maximum atomic E-state index is 11.9. The Hall–Kier alpha value is -1.61. The summed E-state index contributed by atoms with van der Waals surface area (Å²) >= 11 is 2.75. The molecule has 1 amide bonds. The highest BCUT2D eigenvalue weighted by atomic mass is 32.2. The lowest BCUT2D eigenvalue weighted by molar-refractivity contribution is -0.145. The molecule has 0 radical (unpaired) electrons. The van der Waals surface area contributed by atoms with E-state index in [9.17, 15) is 9.59 Å². The number of thioether (sulfide) groups is 1. The van der Waals surface area contributed by atoms with E-state index in [-0.39, 0.29) is 18.3 Å². The molecule has 1 heterocycles. The second-order valence-corrected chi connectivity index (χ2v) is 9.71. The summed E-state index contributed by atoms with van der Waals surface area (Å²) < 4.78 is 5.78. The van der Waals surface area contributed by atoms with Crippen LogP contribution in [0.25, 0.3) is 0 Å². The van der Waals surface area contributed by atoms with Gasteiger partial charge in [0.2, 0.25) is 5.13 Å². The van der Waals surface area contributed by atoms with Gasteiger partial charge in [-0.3, -0.25) is 9.59 Å². The van der Waals surface area contributed by atoms with Gasteiger partial charge < -0.3 is 15.4 Å². The lowest BCUT2D eigenvalue weighted by atomic mass is 9.96. The highest BCUT2D eigenvalue weighted by Gasteiger charge is 2.16. The molecule has 1 saturated carbocycles. The van der Waals surface area contributed by atoms with Gasteiger partial charge in [-0.15, -0.1) is 10.2 Å². The quantitative estimate of drug-likeness (QED) is 0.325. The Morgan fingerprint density at radius 2 is 2.03 bits per heavy atom. The highest BCUT2D eigenvalue weighted by Crippen LogP contribution is 2.28. The van der Waals surface area contributed by atoms with E-state index < -0.39 is 5.97 Å². The smallest absolute Gasteiger partial charge is 0.316 e. The summed E-state index contributed by atoms with van der Waals surface area (Å²) in [6.45, 7) is 0.363. The van der Waals surface area contributed by atoms with E-state index in [0.29, 0.717) is 12.6 Å². The summed E-state index contributed by atoms with van der Waals surface area (Å²) in [5, 5.41) is 15.3. The minimum atomic E-state index is -0.419.